The molecule has 3 nitrogen and oxygen atoms in total. The maximum atomic E-state index is 12.1. The number of thiophene rings is 1. The van der Waals surface area contributed by atoms with E-state index >= 15 is 0 Å². The number of rotatable bonds is 3. The van der Waals surface area contributed by atoms with Crippen LogP contribution in [0.4, 0.5) is 0 Å². The van der Waals surface area contributed by atoms with Gasteiger partial charge in [0.15, 0.2) is 0 Å². The molecule has 2 rings (SSSR count). The largest absolute Gasteiger partial charge is 0.338 e. The van der Waals surface area contributed by atoms with Gasteiger partial charge >= 0.3 is 0 Å². The molecule has 0 bridgehead atoms. The molecular formula is C12H18N2OS. The molecule has 1 amide bonds. The van der Waals surface area contributed by atoms with Crippen molar-refractivity contribution >= 4 is 17.2 Å². The summed E-state index contributed by atoms with van der Waals surface area (Å²) < 4.78 is 0. The lowest BCUT2D eigenvalue weighted by atomic mass is 10.0. The second-order valence-corrected chi connectivity index (χ2v) is 5.06. The molecule has 0 radical (unpaired) electrons. The number of nitrogens with zero attached hydrogens (tertiary/aromatic N) is 1. The number of carbonyl (C=O) groups is 1. The Kier molecular flexibility index (Phi) is 3.96. The van der Waals surface area contributed by atoms with E-state index in [1.54, 1.807) is 11.3 Å². The van der Waals surface area contributed by atoms with Gasteiger partial charge in [0.25, 0.3) is 0 Å². The topological polar surface area (TPSA) is 46.3 Å². The van der Waals surface area contributed by atoms with Crippen molar-refractivity contribution in [2.24, 2.45) is 5.73 Å². The van der Waals surface area contributed by atoms with Crippen LogP contribution in [0.3, 0.4) is 0 Å². The molecule has 0 spiro atoms. The first-order chi connectivity index (χ1) is 7.81. The minimum absolute atomic E-state index is 0.230. The van der Waals surface area contributed by atoms with Crippen molar-refractivity contribution in [3.63, 3.8) is 0 Å². The molecule has 0 aromatic carbocycles. The number of likely N-dealkylation sites (tertiary alicyclic amines) is 1. The third kappa shape index (κ3) is 2.62. The molecule has 1 fully saturated rings. The van der Waals surface area contributed by atoms with Gasteiger partial charge in [-0.25, -0.2) is 0 Å². The maximum absolute atomic E-state index is 12.1. The van der Waals surface area contributed by atoms with Crippen molar-refractivity contribution in [3.8, 4) is 0 Å². The molecule has 1 aromatic rings. The average molecular weight is 238 g/mol. The Morgan fingerprint density at radius 2 is 2.44 bits per heavy atom. The Labute approximate surface area is 100 Å². The minimum Gasteiger partial charge on any atom is -0.338 e. The molecule has 16 heavy (non-hydrogen) atoms. The van der Waals surface area contributed by atoms with E-state index in [1.165, 1.54) is 6.42 Å². The fraction of sp³-hybridized carbons (Fsp3) is 0.583. The summed E-state index contributed by atoms with van der Waals surface area (Å²) >= 11 is 1.64. The van der Waals surface area contributed by atoms with Gasteiger partial charge in [0.05, 0.1) is 6.42 Å². The molecular weight excluding hydrogens is 220 g/mol. The van der Waals surface area contributed by atoms with Crippen LogP contribution in [0.5, 0.6) is 0 Å². The van der Waals surface area contributed by atoms with Crippen molar-refractivity contribution in [2.45, 2.75) is 31.7 Å². The predicted octanol–water partition coefficient (Wildman–Crippen LogP) is 1.63. The van der Waals surface area contributed by atoms with Crippen LogP contribution in [-0.2, 0) is 11.2 Å². The zero-order valence-corrected chi connectivity index (χ0v) is 10.2. The third-order valence-corrected chi connectivity index (χ3v) is 3.89. The van der Waals surface area contributed by atoms with E-state index < -0.39 is 0 Å². The van der Waals surface area contributed by atoms with Gasteiger partial charge in [-0.2, -0.15) is 11.3 Å². The van der Waals surface area contributed by atoms with E-state index in [0.29, 0.717) is 13.0 Å². The van der Waals surface area contributed by atoms with Gasteiger partial charge in [-0.3, -0.25) is 4.79 Å². The molecule has 1 atom stereocenters. The molecule has 88 valence electrons. The highest BCUT2D eigenvalue weighted by Gasteiger charge is 2.25. The van der Waals surface area contributed by atoms with E-state index in [9.17, 15) is 4.79 Å². The Bertz CT molecular complexity index is 337. The quantitative estimate of drug-likeness (QED) is 0.870. The van der Waals surface area contributed by atoms with Crippen LogP contribution in [0.25, 0.3) is 0 Å². The molecule has 2 N–H and O–H groups in total. The summed E-state index contributed by atoms with van der Waals surface area (Å²) in [5, 5.41) is 4.05. The Morgan fingerprint density at radius 3 is 3.12 bits per heavy atom. The number of carbonyl (C=O) groups excluding carboxylic acids is 1. The van der Waals surface area contributed by atoms with Crippen LogP contribution in [0, 0.1) is 0 Å². The van der Waals surface area contributed by atoms with Gasteiger partial charge < -0.3 is 10.6 Å². The maximum Gasteiger partial charge on any atom is 0.227 e. The van der Waals surface area contributed by atoms with Gasteiger partial charge in [-0.1, -0.05) is 0 Å². The smallest absolute Gasteiger partial charge is 0.227 e. The number of amides is 1. The standard InChI is InChI=1S/C12H18N2OS/c13-8-11-3-1-2-5-14(11)12(15)7-10-4-6-16-9-10/h4,6,9,11H,1-3,5,7-8,13H2. The fourth-order valence-corrected chi connectivity index (χ4v) is 2.91. The molecule has 4 heteroatoms. The third-order valence-electron chi connectivity index (χ3n) is 3.16. The summed E-state index contributed by atoms with van der Waals surface area (Å²) in [6.07, 6.45) is 3.90. The predicted molar refractivity (Wildman–Crippen MR) is 66.4 cm³/mol. The Morgan fingerprint density at radius 1 is 1.56 bits per heavy atom. The van der Waals surface area contributed by atoms with Crippen molar-refractivity contribution in [2.75, 3.05) is 13.1 Å². The summed E-state index contributed by atoms with van der Waals surface area (Å²) in [7, 11) is 0. The molecule has 0 saturated carbocycles. The van der Waals surface area contributed by atoms with Crippen LogP contribution in [0.15, 0.2) is 16.8 Å². The van der Waals surface area contributed by atoms with Crippen LogP contribution in [0.2, 0.25) is 0 Å². The average Bonchev–Trinajstić information content (AvgIpc) is 2.81. The highest BCUT2D eigenvalue weighted by Crippen LogP contribution is 2.18. The van der Waals surface area contributed by atoms with Gasteiger partial charge in [0.2, 0.25) is 5.91 Å². The molecule has 1 aliphatic rings. The highest BCUT2D eigenvalue weighted by atomic mass is 32.1. The number of hydrogen-bond donors (Lipinski definition) is 1. The molecule has 1 aliphatic heterocycles. The van der Waals surface area contributed by atoms with Crippen molar-refractivity contribution < 1.29 is 4.79 Å². The van der Waals surface area contributed by atoms with Gasteiger partial charge in [-0.05, 0) is 41.7 Å². The summed E-state index contributed by atoms with van der Waals surface area (Å²) in [6, 6.07) is 2.28. The minimum atomic E-state index is 0.230. The lowest BCUT2D eigenvalue weighted by Gasteiger charge is -2.35. The van der Waals surface area contributed by atoms with Crippen molar-refractivity contribution in [1.29, 1.82) is 0 Å². The first-order valence-electron chi connectivity index (χ1n) is 5.82. The monoisotopic (exact) mass is 238 g/mol. The number of nitrogens with two attached hydrogens (primary N) is 1. The lowest BCUT2D eigenvalue weighted by Crippen LogP contribution is -2.47. The lowest BCUT2D eigenvalue weighted by molar-refractivity contribution is -0.133. The second-order valence-electron chi connectivity index (χ2n) is 4.28. The molecule has 2 heterocycles. The Balaban J connectivity index is 1.97. The molecule has 1 aromatic heterocycles. The van der Waals surface area contributed by atoms with E-state index in [0.717, 1.165) is 24.9 Å². The molecule has 0 aliphatic carbocycles. The van der Waals surface area contributed by atoms with Crippen LogP contribution < -0.4 is 5.73 Å². The summed E-state index contributed by atoms with van der Waals surface area (Å²) in [4.78, 5) is 14.1. The van der Waals surface area contributed by atoms with Gasteiger partial charge in [0.1, 0.15) is 0 Å². The SMILES string of the molecule is NCC1CCCCN1C(=O)Cc1ccsc1. The van der Waals surface area contributed by atoms with Crippen molar-refractivity contribution in [3.05, 3.63) is 22.4 Å². The number of hydrogen-bond acceptors (Lipinski definition) is 3. The van der Waals surface area contributed by atoms with Gasteiger partial charge in [0, 0.05) is 19.1 Å². The molecule has 1 saturated heterocycles. The normalized spacial score (nSPS) is 21.1. The zero-order valence-electron chi connectivity index (χ0n) is 9.39. The van der Waals surface area contributed by atoms with Crippen LogP contribution in [0.1, 0.15) is 24.8 Å². The first kappa shape index (κ1) is 11.6. The summed E-state index contributed by atoms with van der Waals surface area (Å²) in [5.74, 6) is 0.230. The summed E-state index contributed by atoms with van der Waals surface area (Å²) in [6.45, 7) is 1.47. The first-order valence-corrected chi connectivity index (χ1v) is 6.76. The van der Waals surface area contributed by atoms with E-state index in [2.05, 4.69) is 0 Å². The highest BCUT2D eigenvalue weighted by molar-refractivity contribution is 7.07. The second kappa shape index (κ2) is 5.46. The fourth-order valence-electron chi connectivity index (χ4n) is 2.24. The van der Waals surface area contributed by atoms with Crippen molar-refractivity contribution in [1.82, 2.24) is 4.90 Å². The van der Waals surface area contributed by atoms with E-state index in [1.807, 2.05) is 21.7 Å². The van der Waals surface area contributed by atoms with E-state index in [-0.39, 0.29) is 11.9 Å². The zero-order chi connectivity index (χ0) is 11.4. The van der Waals surface area contributed by atoms with E-state index in [4.69, 9.17) is 5.73 Å². The van der Waals surface area contributed by atoms with Gasteiger partial charge in [-0.15, -0.1) is 0 Å². The molecule has 1 unspecified atom stereocenters. The Hall–Kier alpha value is -0.870. The number of piperidine rings is 1. The summed E-state index contributed by atoms with van der Waals surface area (Å²) in [5.41, 5.74) is 6.83. The van der Waals surface area contributed by atoms with Crippen LogP contribution >= 0.6 is 11.3 Å². The van der Waals surface area contributed by atoms with Crippen LogP contribution in [-0.4, -0.2) is 29.9 Å².